The zero-order valence-corrected chi connectivity index (χ0v) is 18.5. The summed E-state index contributed by atoms with van der Waals surface area (Å²) in [4.78, 5) is 12.3. The summed E-state index contributed by atoms with van der Waals surface area (Å²) in [6.07, 6.45) is 2.05. The minimum atomic E-state index is -3.36. The van der Waals surface area contributed by atoms with Crippen molar-refractivity contribution in [3.05, 3.63) is 83.9 Å². The second-order valence-corrected chi connectivity index (χ2v) is 9.31. The first-order chi connectivity index (χ1) is 15.2. The van der Waals surface area contributed by atoms with Gasteiger partial charge in [0.1, 0.15) is 11.6 Å². The smallest absolute Gasteiger partial charge is 0.410 e. The topological polar surface area (TPSA) is 122 Å². The van der Waals surface area contributed by atoms with Crippen molar-refractivity contribution in [2.45, 2.75) is 17.7 Å². The number of hydrogen-bond acceptors (Lipinski definition) is 5. The lowest BCUT2D eigenvalue weighted by molar-refractivity contribution is 0.200. The zero-order chi connectivity index (χ0) is 23.1. The van der Waals surface area contributed by atoms with Gasteiger partial charge in [-0.15, -0.1) is 0 Å². The number of aryl methyl sites for hydroxylation is 1. The van der Waals surface area contributed by atoms with Crippen LogP contribution < -0.4 is 15.8 Å². The maximum atomic E-state index is 12.1. The van der Waals surface area contributed by atoms with Crippen molar-refractivity contribution in [2.75, 3.05) is 12.8 Å². The van der Waals surface area contributed by atoms with Gasteiger partial charge in [-0.3, -0.25) is 5.41 Å². The number of hydrogen-bond donors (Lipinski definition) is 3. The number of nitrogen functional groups attached to an aromatic ring is 1. The Morgan fingerprint density at radius 3 is 2.44 bits per heavy atom. The van der Waals surface area contributed by atoms with Crippen molar-refractivity contribution < 1.29 is 17.9 Å². The van der Waals surface area contributed by atoms with Crippen LogP contribution in [0.3, 0.4) is 0 Å². The van der Waals surface area contributed by atoms with Gasteiger partial charge in [-0.2, -0.15) is 0 Å². The van der Waals surface area contributed by atoms with Gasteiger partial charge < -0.3 is 15.8 Å². The molecule has 32 heavy (non-hydrogen) atoms. The fourth-order valence-electron chi connectivity index (χ4n) is 3.25. The van der Waals surface area contributed by atoms with E-state index in [1.807, 2.05) is 18.2 Å². The molecule has 0 saturated carbocycles. The first-order valence-corrected chi connectivity index (χ1v) is 11.9. The Labute approximate surface area is 187 Å². The van der Waals surface area contributed by atoms with Crippen LogP contribution >= 0.6 is 0 Å². The number of rotatable bonds is 8. The molecule has 0 fully saturated rings. The molecule has 166 valence electrons. The van der Waals surface area contributed by atoms with Crippen LogP contribution in [0.15, 0.2) is 77.7 Å². The van der Waals surface area contributed by atoms with Gasteiger partial charge in [-0.1, -0.05) is 48.5 Å². The number of benzene rings is 3. The van der Waals surface area contributed by atoms with Crippen molar-refractivity contribution in [3.63, 3.8) is 0 Å². The molecule has 0 saturated heterocycles. The lowest BCUT2D eigenvalue weighted by Crippen LogP contribution is -2.28. The monoisotopic (exact) mass is 451 g/mol. The van der Waals surface area contributed by atoms with Crippen LogP contribution in [-0.2, 0) is 16.3 Å². The summed E-state index contributed by atoms with van der Waals surface area (Å²) in [5.41, 5.74) is 8.53. The van der Waals surface area contributed by atoms with Crippen LogP contribution in [0.25, 0.3) is 11.1 Å². The number of carbonyl (C=O) groups is 1. The summed E-state index contributed by atoms with van der Waals surface area (Å²) in [5, 5.41) is 10.2. The Morgan fingerprint density at radius 1 is 1.03 bits per heavy atom. The maximum Gasteiger partial charge on any atom is 0.412 e. The highest BCUT2D eigenvalue weighted by Gasteiger charge is 2.14. The molecule has 7 nitrogen and oxygen atoms in total. The number of carbonyl (C=O) groups excluding carboxylic acids is 1. The van der Waals surface area contributed by atoms with E-state index in [1.54, 1.807) is 54.6 Å². The molecule has 0 aliphatic rings. The molecule has 0 heterocycles. The van der Waals surface area contributed by atoms with Crippen LogP contribution in [0.1, 0.15) is 17.5 Å². The van der Waals surface area contributed by atoms with Crippen LogP contribution in [0, 0.1) is 5.41 Å². The van der Waals surface area contributed by atoms with E-state index in [4.69, 9.17) is 15.9 Å². The van der Waals surface area contributed by atoms with Crippen molar-refractivity contribution >= 4 is 21.8 Å². The lowest BCUT2D eigenvalue weighted by atomic mass is 10.1. The van der Waals surface area contributed by atoms with E-state index in [1.165, 1.54) is 6.26 Å². The highest BCUT2D eigenvalue weighted by atomic mass is 32.2. The predicted octanol–water partition coefficient (Wildman–Crippen LogP) is 3.76. The Morgan fingerprint density at radius 2 is 1.75 bits per heavy atom. The molecule has 3 aromatic rings. The third-order valence-corrected chi connectivity index (χ3v) is 5.97. The van der Waals surface area contributed by atoms with E-state index in [2.05, 4.69) is 5.32 Å². The fourth-order valence-corrected chi connectivity index (χ4v) is 4.16. The van der Waals surface area contributed by atoms with Crippen molar-refractivity contribution in [2.24, 2.45) is 5.73 Å². The fraction of sp³-hybridized carbons (Fsp3) is 0.167. The number of sulfone groups is 1. The summed E-state index contributed by atoms with van der Waals surface area (Å²) in [5.74, 6) is 0.386. The SMILES string of the molecule is CS(=O)(=O)c1ccccc1-c1ccc(OC(=O)NCCCc2cccc(C(=N)N)c2)cc1. The molecule has 0 bridgehead atoms. The minimum absolute atomic E-state index is 0.0272. The van der Waals surface area contributed by atoms with E-state index >= 15 is 0 Å². The van der Waals surface area contributed by atoms with Crippen molar-refractivity contribution in [3.8, 4) is 16.9 Å². The van der Waals surface area contributed by atoms with Crippen molar-refractivity contribution in [1.82, 2.24) is 5.32 Å². The Bertz CT molecular complexity index is 1220. The zero-order valence-electron chi connectivity index (χ0n) is 17.7. The molecule has 0 radical (unpaired) electrons. The highest BCUT2D eigenvalue weighted by molar-refractivity contribution is 7.90. The van der Waals surface area contributed by atoms with E-state index in [0.717, 1.165) is 12.0 Å². The molecule has 0 aromatic heterocycles. The number of nitrogens with one attached hydrogen (secondary N) is 2. The van der Waals surface area contributed by atoms with Gasteiger partial charge in [0, 0.05) is 23.9 Å². The Hall–Kier alpha value is -3.65. The predicted molar refractivity (Wildman–Crippen MR) is 125 cm³/mol. The number of amidine groups is 1. The standard InChI is InChI=1S/C24H25N3O4S/c1-32(29,30)22-10-3-2-9-21(22)18-11-13-20(14-12-18)31-24(28)27-15-5-7-17-6-4-8-19(16-17)23(25)26/h2-4,6,8-14,16H,5,7,15H2,1H3,(H3,25,26)(H,27,28). The van der Waals surface area contributed by atoms with Gasteiger partial charge in [-0.05, 0) is 48.2 Å². The Kier molecular flexibility index (Phi) is 7.27. The molecule has 0 atom stereocenters. The molecule has 8 heteroatoms. The molecule has 0 aliphatic carbocycles. The first-order valence-electron chi connectivity index (χ1n) is 10.0. The quantitative estimate of drug-likeness (QED) is 0.273. The molecule has 1 amide bonds. The highest BCUT2D eigenvalue weighted by Crippen LogP contribution is 2.28. The van der Waals surface area contributed by atoms with E-state index < -0.39 is 15.9 Å². The number of amides is 1. The van der Waals surface area contributed by atoms with E-state index in [0.29, 0.717) is 35.4 Å². The van der Waals surface area contributed by atoms with Crippen LogP contribution in [-0.4, -0.2) is 33.1 Å². The first kappa shape index (κ1) is 23.0. The average Bonchev–Trinajstić information content (AvgIpc) is 2.77. The second-order valence-electron chi connectivity index (χ2n) is 7.33. The van der Waals surface area contributed by atoms with Crippen LogP contribution in [0.5, 0.6) is 5.75 Å². The molecule has 3 rings (SSSR count). The second kappa shape index (κ2) is 10.1. The maximum absolute atomic E-state index is 12.1. The van der Waals surface area contributed by atoms with Gasteiger partial charge in [-0.25, -0.2) is 13.2 Å². The Balaban J connectivity index is 1.52. The summed E-state index contributed by atoms with van der Waals surface area (Å²) in [6, 6.07) is 20.9. The number of ether oxygens (including phenoxy) is 1. The lowest BCUT2D eigenvalue weighted by Gasteiger charge is -2.10. The molecular formula is C24H25N3O4S. The van der Waals surface area contributed by atoms with Gasteiger partial charge >= 0.3 is 6.09 Å². The minimum Gasteiger partial charge on any atom is -0.410 e. The third kappa shape index (κ3) is 6.18. The molecule has 0 spiro atoms. The molecular weight excluding hydrogens is 426 g/mol. The van der Waals surface area contributed by atoms with Crippen LogP contribution in [0.4, 0.5) is 4.79 Å². The average molecular weight is 452 g/mol. The molecule has 0 aliphatic heterocycles. The van der Waals surface area contributed by atoms with Gasteiger partial charge in [0.2, 0.25) is 0 Å². The molecule has 3 aromatic carbocycles. The number of nitrogens with two attached hydrogens (primary N) is 1. The van der Waals surface area contributed by atoms with Crippen molar-refractivity contribution in [1.29, 1.82) is 5.41 Å². The van der Waals surface area contributed by atoms with E-state index in [-0.39, 0.29) is 10.7 Å². The van der Waals surface area contributed by atoms with Gasteiger partial charge in [0.05, 0.1) is 4.90 Å². The van der Waals surface area contributed by atoms with Gasteiger partial charge in [0.15, 0.2) is 9.84 Å². The summed E-state index contributed by atoms with van der Waals surface area (Å²) >= 11 is 0. The molecule has 0 unspecified atom stereocenters. The normalized spacial score (nSPS) is 11.0. The summed E-state index contributed by atoms with van der Waals surface area (Å²) < 4.78 is 29.3. The van der Waals surface area contributed by atoms with E-state index in [9.17, 15) is 13.2 Å². The van der Waals surface area contributed by atoms with Crippen LogP contribution in [0.2, 0.25) is 0 Å². The third-order valence-electron chi connectivity index (χ3n) is 4.81. The van der Waals surface area contributed by atoms with Gasteiger partial charge in [0.25, 0.3) is 0 Å². The summed E-state index contributed by atoms with van der Waals surface area (Å²) in [7, 11) is -3.36. The largest absolute Gasteiger partial charge is 0.412 e. The molecule has 4 N–H and O–H groups in total. The summed E-state index contributed by atoms with van der Waals surface area (Å²) in [6.45, 7) is 0.433.